The minimum absolute atomic E-state index is 0.262. The van der Waals surface area contributed by atoms with E-state index in [1.165, 1.54) is 29.2 Å². The first kappa shape index (κ1) is 15.5. The number of alkyl halides is 3. The molecule has 0 spiro atoms. The zero-order chi connectivity index (χ0) is 16.4. The van der Waals surface area contributed by atoms with Gasteiger partial charge in [-0.25, -0.2) is 4.68 Å². The molecule has 0 radical (unpaired) electrons. The molecule has 23 heavy (non-hydrogen) atoms. The fourth-order valence-corrected chi connectivity index (χ4v) is 2.36. The number of carbonyl (C=O) groups excluding carboxylic acids is 1. The lowest BCUT2D eigenvalue weighted by atomic mass is 10.2. The Hall–Kier alpha value is -2.35. The molecule has 1 aromatic carbocycles. The Morgan fingerprint density at radius 3 is 2.91 bits per heavy atom. The van der Waals surface area contributed by atoms with Crippen LogP contribution in [0.4, 0.5) is 18.9 Å². The topological polar surface area (TPSA) is 56.2 Å². The van der Waals surface area contributed by atoms with E-state index in [-0.39, 0.29) is 11.6 Å². The quantitative estimate of drug-likeness (QED) is 0.944. The van der Waals surface area contributed by atoms with Crippen LogP contribution in [0, 0.1) is 0 Å². The Labute approximate surface area is 130 Å². The second kappa shape index (κ2) is 6.04. The van der Waals surface area contributed by atoms with Gasteiger partial charge in [-0.1, -0.05) is 6.07 Å². The van der Waals surface area contributed by atoms with E-state index in [0.717, 1.165) is 18.6 Å². The van der Waals surface area contributed by atoms with E-state index in [2.05, 4.69) is 10.4 Å². The van der Waals surface area contributed by atoms with Crippen molar-refractivity contribution in [2.24, 2.45) is 0 Å². The maximum Gasteiger partial charge on any atom is 0.416 e. The normalized spacial score (nSPS) is 18.1. The lowest BCUT2D eigenvalue weighted by Gasteiger charge is -2.09. The molecule has 1 atom stereocenters. The fraction of sp³-hybridized carbons (Fsp3) is 0.333. The summed E-state index contributed by atoms with van der Waals surface area (Å²) in [5.41, 5.74) is -0.0872. The summed E-state index contributed by atoms with van der Waals surface area (Å²) in [6.07, 6.45) is -0.558. The highest BCUT2D eigenvalue weighted by molar-refractivity contribution is 5.94. The molecule has 5 nitrogen and oxygen atoms in total. The van der Waals surface area contributed by atoms with Crippen LogP contribution in [0.25, 0.3) is 5.69 Å². The molecular weight excluding hydrogens is 311 g/mol. The summed E-state index contributed by atoms with van der Waals surface area (Å²) in [6.45, 7) is 0.557. The van der Waals surface area contributed by atoms with Crippen molar-refractivity contribution >= 4 is 11.6 Å². The van der Waals surface area contributed by atoms with Crippen LogP contribution in [0.3, 0.4) is 0 Å². The van der Waals surface area contributed by atoms with Gasteiger partial charge >= 0.3 is 6.18 Å². The number of carbonyl (C=O) groups is 1. The van der Waals surface area contributed by atoms with Crippen LogP contribution in [0.15, 0.2) is 36.7 Å². The zero-order valence-electron chi connectivity index (χ0n) is 12.0. The number of benzene rings is 1. The molecule has 1 aliphatic heterocycles. The third kappa shape index (κ3) is 3.53. The SMILES string of the molecule is O=C(Nc1cnn(-c2cccc(C(F)(F)F)c2)c1)[C@H]1CCCO1. The third-order valence-corrected chi connectivity index (χ3v) is 3.51. The Balaban J connectivity index is 1.75. The van der Waals surface area contributed by atoms with Crippen LogP contribution in [-0.2, 0) is 15.7 Å². The monoisotopic (exact) mass is 325 g/mol. The lowest BCUT2D eigenvalue weighted by molar-refractivity contribution is -0.137. The van der Waals surface area contributed by atoms with Crippen molar-refractivity contribution < 1.29 is 22.7 Å². The van der Waals surface area contributed by atoms with E-state index in [4.69, 9.17) is 4.74 Å². The average molecular weight is 325 g/mol. The molecule has 1 amide bonds. The van der Waals surface area contributed by atoms with Gasteiger partial charge in [0.05, 0.1) is 29.3 Å². The molecule has 3 rings (SSSR count). The minimum Gasteiger partial charge on any atom is -0.368 e. The summed E-state index contributed by atoms with van der Waals surface area (Å²) < 4.78 is 44.7. The summed E-state index contributed by atoms with van der Waals surface area (Å²) in [5, 5.41) is 6.63. The number of amides is 1. The second-order valence-corrected chi connectivity index (χ2v) is 5.21. The van der Waals surface area contributed by atoms with Gasteiger partial charge in [-0.15, -0.1) is 0 Å². The first-order valence-corrected chi connectivity index (χ1v) is 7.08. The predicted octanol–water partition coefficient (Wildman–Crippen LogP) is 3.01. The van der Waals surface area contributed by atoms with Crippen LogP contribution in [0.2, 0.25) is 0 Å². The number of hydrogen-bond donors (Lipinski definition) is 1. The number of anilines is 1. The van der Waals surface area contributed by atoms with Crippen LogP contribution < -0.4 is 5.32 Å². The van der Waals surface area contributed by atoms with Crippen molar-refractivity contribution in [1.29, 1.82) is 0 Å². The Morgan fingerprint density at radius 1 is 1.39 bits per heavy atom. The first-order chi connectivity index (χ1) is 10.9. The molecule has 0 saturated carbocycles. The molecule has 1 N–H and O–H groups in total. The number of nitrogens with zero attached hydrogens (tertiary/aromatic N) is 2. The number of rotatable bonds is 3. The van der Waals surface area contributed by atoms with Gasteiger partial charge in [-0.05, 0) is 31.0 Å². The highest BCUT2D eigenvalue weighted by atomic mass is 19.4. The Morgan fingerprint density at radius 2 is 2.22 bits per heavy atom. The first-order valence-electron chi connectivity index (χ1n) is 7.08. The highest BCUT2D eigenvalue weighted by Gasteiger charge is 2.30. The van der Waals surface area contributed by atoms with Crippen LogP contribution in [-0.4, -0.2) is 28.4 Å². The van der Waals surface area contributed by atoms with Gasteiger partial charge in [0.25, 0.3) is 5.91 Å². The van der Waals surface area contributed by atoms with Crippen molar-refractivity contribution in [3.05, 3.63) is 42.2 Å². The van der Waals surface area contributed by atoms with Crippen molar-refractivity contribution in [2.75, 3.05) is 11.9 Å². The van der Waals surface area contributed by atoms with Crippen LogP contribution in [0.5, 0.6) is 0 Å². The van der Waals surface area contributed by atoms with E-state index in [1.807, 2.05) is 0 Å². The maximum absolute atomic E-state index is 12.7. The number of nitrogens with one attached hydrogen (secondary N) is 1. The lowest BCUT2D eigenvalue weighted by Crippen LogP contribution is -2.26. The van der Waals surface area contributed by atoms with Gasteiger partial charge in [-0.2, -0.15) is 18.3 Å². The Bertz CT molecular complexity index is 706. The summed E-state index contributed by atoms with van der Waals surface area (Å²) in [7, 11) is 0. The predicted molar refractivity (Wildman–Crippen MR) is 76.2 cm³/mol. The number of hydrogen-bond acceptors (Lipinski definition) is 3. The van der Waals surface area contributed by atoms with Crippen molar-refractivity contribution in [1.82, 2.24) is 9.78 Å². The highest BCUT2D eigenvalue weighted by Crippen LogP contribution is 2.30. The maximum atomic E-state index is 12.7. The van der Waals surface area contributed by atoms with Gasteiger partial charge in [0, 0.05) is 6.61 Å². The van der Waals surface area contributed by atoms with Gasteiger partial charge in [0.1, 0.15) is 6.10 Å². The number of halogens is 3. The minimum atomic E-state index is -4.42. The third-order valence-electron chi connectivity index (χ3n) is 3.51. The molecule has 1 aromatic heterocycles. The fourth-order valence-electron chi connectivity index (χ4n) is 2.36. The largest absolute Gasteiger partial charge is 0.416 e. The molecule has 2 aromatic rings. The molecule has 122 valence electrons. The van der Waals surface area contributed by atoms with Gasteiger partial charge in [0.2, 0.25) is 0 Å². The summed E-state index contributed by atoms with van der Waals surface area (Å²) in [5.74, 6) is -0.272. The summed E-state index contributed by atoms with van der Waals surface area (Å²) >= 11 is 0. The molecule has 1 aliphatic rings. The van der Waals surface area contributed by atoms with Gasteiger partial charge < -0.3 is 10.1 Å². The second-order valence-electron chi connectivity index (χ2n) is 5.21. The molecule has 0 aliphatic carbocycles. The summed E-state index contributed by atoms with van der Waals surface area (Å²) in [6, 6.07) is 4.81. The zero-order valence-corrected chi connectivity index (χ0v) is 12.0. The van der Waals surface area contributed by atoms with Crippen LogP contribution in [0.1, 0.15) is 18.4 Å². The molecule has 0 unspecified atom stereocenters. The molecule has 8 heteroatoms. The molecule has 0 bridgehead atoms. The van der Waals surface area contributed by atoms with E-state index < -0.39 is 17.8 Å². The van der Waals surface area contributed by atoms with Crippen molar-refractivity contribution in [2.45, 2.75) is 25.1 Å². The smallest absolute Gasteiger partial charge is 0.368 e. The Kier molecular flexibility index (Phi) is 4.08. The molecule has 1 fully saturated rings. The van der Waals surface area contributed by atoms with Gasteiger partial charge in [0.15, 0.2) is 0 Å². The van der Waals surface area contributed by atoms with E-state index >= 15 is 0 Å². The standard InChI is InChI=1S/C15H14F3N3O2/c16-15(17,18)10-3-1-4-12(7-10)21-9-11(8-19-21)20-14(22)13-5-2-6-23-13/h1,3-4,7-9,13H,2,5-6H2,(H,20,22)/t13-/m1/s1. The van der Waals surface area contributed by atoms with E-state index in [1.54, 1.807) is 0 Å². The van der Waals surface area contributed by atoms with Crippen LogP contribution >= 0.6 is 0 Å². The molecular formula is C15H14F3N3O2. The van der Waals surface area contributed by atoms with Crippen molar-refractivity contribution in [3.8, 4) is 5.69 Å². The number of ether oxygens (including phenoxy) is 1. The van der Waals surface area contributed by atoms with E-state index in [0.29, 0.717) is 18.7 Å². The number of aromatic nitrogens is 2. The molecule has 1 saturated heterocycles. The van der Waals surface area contributed by atoms with Crippen molar-refractivity contribution in [3.63, 3.8) is 0 Å². The average Bonchev–Trinajstić information content (AvgIpc) is 3.18. The van der Waals surface area contributed by atoms with E-state index in [9.17, 15) is 18.0 Å². The molecule has 2 heterocycles. The summed E-state index contributed by atoms with van der Waals surface area (Å²) in [4.78, 5) is 11.9. The van der Waals surface area contributed by atoms with Gasteiger partial charge in [-0.3, -0.25) is 4.79 Å².